The van der Waals surface area contributed by atoms with Crippen LogP contribution in [0.4, 0.5) is 0 Å². The van der Waals surface area contributed by atoms with E-state index in [9.17, 15) is 0 Å². The second kappa shape index (κ2) is 4.55. The van der Waals surface area contributed by atoms with E-state index in [0.29, 0.717) is 11.0 Å². The molecule has 0 aromatic carbocycles. The molecule has 2 rings (SSSR count). The predicted octanol–water partition coefficient (Wildman–Crippen LogP) is 2.87. The van der Waals surface area contributed by atoms with Crippen molar-refractivity contribution in [3.8, 4) is 0 Å². The normalized spacial score (nSPS) is 36.9. The fraction of sp³-hybridized carbons (Fsp3) is 1.00. The quantitative estimate of drug-likeness (QED) is 0.801. The molecule has 0 aromatic heterocycles. The monoisotopic (exact) mass is 238 g/mol. The van der Waals surface area contributed by atoms with Gasteiger partial charge in [0.25, 0.3) is 0 Å². The van der Waals surface area contributed by atoms with Gasteiger partial charge < -0.3 is 5.73 Å². The van der Waals surface area contributed by atoms with Crippen LogP contribution in [0.1, 0.15) is 53.4 Å². The smallest absolute Gasteiger partial charge is 0.0357 e. The Kier molecular flexibility index (Phi) is 3.57. The molecule has 100 valence electrons. The highest BCUT2D eigenvalue weighted by Crippen LogP contribution is 2.44. The Morgan fingerprint density at radius 3 is 2.35 bits per heavy atom. The number of rotatable bonds is 2. The summed E-state index contributed by atoms with van der Waals surface area (Å²) in [6.07, 6.45) is 5.47. The van der Waals surface area contributed by atoms with Crippen molar-refractivity contribution in [3.63, 3.8) is 0 Å². The number of nitrogens with zero attached hydrogens (tertiary/aromatic N) is 1. The van der Waals surface area contributed by atoms with Crippen LogP contribution in [0, 0.1) is 17.3 Å². The minimum atomic E-state index is 0.333. The van der Waals surface area contributed by atoms with Crippen LogP contribution in [0.5, 0.6) is 0 Å². The summed E-state index contributed by atoms with van der Waals surface area (Å²) in [5.41, 5.74) is 6.95. The number of nitrogens with two attached hydrogens (primary N) is 1. The molecule has 0 spiro atoms. The highest BCUT2D eigenvalue weighted by atomic mass is 15.3. The first-order chi connectivity index (χ1) is 7.90. The summed E-state index contributed by atoms with van der Waals surface area (Å²) in [7, 11) is 0. The molecule has 1 saturated carbocycles. The Morgan fingerprint density at radius 1 is 1.24 bits per heavy atom. The maximum absolute atomic E-state index is 6.15. The van der Waals surface area contributed by atoms with Gasteiger partial charge in [0, 0.05) is 25.2 Å². The van der Waals surface area contributed by atoms with Gasteiger partial charge in [-0.1, -0.05) is 40.5 Å². The molecular weight excluding hydrogens is 208 g/mol. The third-order valence-electron chi connectivity index (χ3n) is 5.50. The lowest BCUT2D eigenvalue weighted by molar-refractivity contribution is -0.0898. The Morgan fingerprint density at radius 2 is 1.88 bits per heavy atom. The van der Waals surface area contributed by atoms with Crippen molar-refractivity contribution in [2.24, 2.45) is 23.0 Å². The van der Waals surface area contributed by atoms with E-state index in [1.165, 1.54) is 38.8 Å². The van der Waals surface area contributed by atoms with Crippen molar-refractivity contribution in [2.45, 2.75) is 58.9 Å². The largest absolute Gasteiger partial charge is 0.329 e. The van der Waals surface area contributed by atoms with Gasteiger partial charge in [-0.05, 0) is 30.1 Å². The van der Waals surface area contributed by atoms with E-state index in [2.05, 4.69) is 32.6 Å². The molecule has 2 atom stereocenters. The van der Waals surface area contributed by atoms with Gasteiger partial charge in [-0.3, -0.25) is 4.90 Å². The van der Waals surface area contributed by atoms with Crippen molar-refractivity contribution >= 4 is 0 Å². The van der Waals surface area contributed by atoms with Crippen LogP contribution in [0.25, 0.3) is 0 Å². The molecule has 17 heavy (non-hydrogen) atoms. The molecular formula is C15H30N2. The van der Waals surface area contributed by atoms with Crippen molar-refractivity contribution in [1.82, 2.24) is 4.90 Å². The zero-order valence-corrected chi connectivity index (χ0v) is 12.1. The van der Waals surface area contributed by atoms with Crippen LogP contribution in [0.3, 0.4) is 0 Å². The molecule has 2 heteroatoms. The van der Waals surface area contributed by atoms with Crippen LogP contribution in [0.2, 0.25) is 0 Å². The minimum Gasteiger partial charge on any atom is -0.329 e. The summed E-state index contributed by atoms with van der Waals surface area (Å²) in [6, 6.07) is 0. The predicted molar refractivity (Wildman–Crippen MR) is 73.9 cm³/mol. The summed E-state index contributed by atoms with van der Waals surface area (Å²) in [6.45, 7) is 12.9. The zero-order valence-electron chi connectivity index (χ0n) is 12.1. The summed E-state index contributed by atoms with van der Waals surface area (Å²) < 4.78 is 0. The minimum absolute atomic E-state index is 0.333. The molecule has 0 amide bonds. The molecule has 2 aliphatic rings. The first-order valence-corrected chi connectivity index (χ1v) is 7.35. The molecule has 2 unspecified atom stereocenters. The molecule has 2 nitrogen and oxygen atoms in total. The Labute approximate surface area is 107 Å². The fourth-order valence-corrected chi connectivity index (χ4v) is 3.69. The Balaban J connectivity index is 2.01. The molecule has 2 fully saturated rings. The molecule has 0 aromatic rings. The van der Waals surface area contributed by atoms with E-state index in [-0.39, 0.29) is 0 Å². The van der Waals surface area contributed by atoms with Crippen LogP contribution >= 0.6 is 0 Å². The Hall–Kier alpha value is -0.0800. The summed E-state index contributed by atoms with van der Waals surface area (Å²) >= 11 is 0. The van der Waals surface area contributed by atoms with Gasteiger partial charge in [-0.2, -0.15) is 0 Å². The average Bonchev–Trinajstić information content (AvgIpc) is 2.16. The SMILES string of the molecule is CC1CCCCC1(CN)N1CC(C(C)(C)C)C1. The van der Waals surface area contributed by atoms with Crippen molar-refractivity contribution in [1.29, 1.82) is 0 Å². The lowest BCUT2D eigenvalue weighted by Crippen LogP contribution is -2.68. The van der Waals surface area contributed by atoms with Gasteiger partial charge in [0.15, 0.2) is 0 Å². The van der Waals surface area contributed by atoms with Gasteiger partial charge in [0.1, 0.15) is 0 Å². The number of likely N-dealkylation sites (tertiary alicyclic amines) is 1. The molecule has 2 N–H and O–H groups in total. The van der Waals surface area contributed by atoms with Crippen LogP contribution in [-0.2, 0) is 0 Å². The van der Waals surface area contributed by atoms with Gasteiger partial charge >= 0.3 is 0 Å². The highest BCUT2D eigenvalue weighted by Gasteiger charge is 2.49. The summed E-state index contributed by atoms with van der Waals surface area (Å²) in [5, 5.41) is 0. The summed E-state index contributed by atoms with van der Waals surface area (Å²) in [5.74, 6) is 1.64. The zero-order chi connectivity index (χ0) is 12.7. The third kappa shape index (κ3) is 2.26. The maximum atomic E-state index is 6.15. The second-order valence-electron chi connectivity index (χ2n) is 7.42. The Bertz CT molecular complexity index is 263. The standard InChI is InChI=1S/C15H30N2/c1-12-7-5-6-8-15(12,11-16)17-9-13(10-17)14(2,3)4/h12-13H,5-11,16H2,1-4H3. The van der Waals surface area contributed by atoms with Gasteiger partial charge in [-0.15, -0.1) is 0 Å². The number of hydrogen-bond donors (Lipinski definition) is 1. The van der Waals surface area contributed by atoms with E-state index in [0.717, 1.165) is 18.4 Å². The van der Waals surface area contributed by atoms with Crippen LogP contribution in [-0.4, -0.2) is 30.1 Å². The van der Waals surface area contributed by atoms with Crippen molar-refractivity contribution in [2.75, 3.05) is 19.6 Å². The van der Waals surface area contributed by atoms with E-state index < -0.39 is 0 Å². The summed E-state index contributed by atoms with van der Waals surface area (Å²) in [4.78, 5) is 2.70. The first kappa shape index (κ1) is 13.4. The van der Waals surface area contributed by atoms with Crippen molar-refractivity contribution < 1.29 is 0 Å². The van der Waals surface area contributed by atoms with E-state index in [1.54, 1.807) is 0 Å². The lowest BCUT2D eigenvalue weighted by Gasteiger charge is -2.59. The van der Waals surface area contributed by atoms with Crippen LogP contribution in [0.15, 0.2) is 0 Å². The highest BCUT2D eigenvalue weighted by molar-refractivity contribution is 5.04. The maximum Gasteiger partial charge on any atom is 0.0357 e. The molecule has 0 radical (unpaired) electrons. The van der Waals surface area contributed by atoms with Gasteiger partial charge in [0.2, 0.25) is 0 Å². The van der Waals surface area contributed by atoms with E-state index in [1.807, 2.05) is 0 Å². The molecule has 1 saturated heterocycles. The average molecular weight is 238 g/mol. The van der Waals surface area contributed by atoms with Gasteiger partial charge in [-0.25, -0.2) is 0 Å². The first-order valence-electron chi connectivity index (χ1n) is 7.35. The van der Waals surface area contributed by atoms with E-state index in [4.69, 9.17) is 5.73 Å². The van der Waals surface area contributed by atoms with Crippen molar-refractivity contribution in [3.05, 3.63) is 0 Å². The van der Waals surface area contributed by atoms with Gasteiger partial charge in [0.05, 0.1) is 0 Å². The topological polar surface area (TPSA) is 29.3 Å². The van der Waals surface area contributed by atoms with E-state index >= 15 is 0 Å². The molecule has 0 bridgehead atoms. The van der Waals surface area contributed by atoms with Crippen LogP contribution < -0.4 is 5.73 Å². The number of hydrogen-bond acceptors (Lipinski definition) is 2. The molecule has 1 aliphatic heterocycles. The second-order valence-corrected chi connectivity index (χ2v) is 7.42. The third-order valence-corrected chi connectivity index (χ3v) is 5.50. The molecule has 1 heterocycles. The lowest BCUT2D eigenvalue weighted by atomic mass is 9.67. The fourth-order valence-electron chi connectivity index (χ4n) is 3.69. The molecule has 1 aliphatic carbocycles.